The standard InChI is InChI=1S/C12H9BrN2S/c13-15-9-5-3-7-11-12(9)14-8-4-1-2-6-10(8)16-11/h1-7,14-15H. The fourth-order valence-electron chi connectivity index (χ4n) is 1.74. The van der Waals surface area contributed by atoms with Crippen LogP contribution in [-0.4, -0.2) is 0 Å². The second kappa shape index (κ2) is 4.03. The molecule has 1 aliphatic heterocycles. The molecule has 16 heavy (non-hydrogen) atoms. The number of halogens is 1. The Balaban J connectivity index is 2.12. The molecule has 0 atom stereocenters. The molecule has 0 unspecified atom stereocenters. The van der Waals surface area contributed by atoms with Crippen molar-refractivity contribution in [2.24, 2.45) is 0 Å². The highest BCUT2D eigenvalue weighted by Gasteiger charge is 2.17. The predicted molar refractivity (Wildman–Crippen MR) is 72.8 cm³/mol. The van der Waals surface area contributed by atoms with Crippen molar-refractivity contribution >= 4 is 45.0 Å². The molecule has 0 saturated heterocycles. The van der Waals surface area contributed by atoms with E-state index in [0.29, 0.717) is 0 Å². The molecule has 2 aromatic rings. The first-order chi connectivity index (χ1) is 7.88. The van der Waals surface area contributed by atoms with Crippen LogP contribution in [0.4, 0.5) is 17.1 Å². The van der Waals surface area contributed by atoms with Crippen LogP contribution in [0.1, 0.15) is 0 Å². The Morgan fingerprint density at radius 2 is 1.81 bits per heavy atom. The maximum atomic E-state index is 3.45. The van der Waals surface area contributed by atoms with Crippen LogP contribution < -0.4 is 9.66 Å². The molecule has 0 aromatic heterocycles. The minimum Gasteiger partial charge on any atom is -0.352 e. The number of hydrogen-bond acceptors (Lipinski definition) is 3. The summed E-state index contributed by atoms with van der Waals surface area (Å²) in [7, 11) is 0. The Kier molecular flexibility index (Phi) is 2.53. The number of para-hydroxylation sites is 2. The summed E-state index contributed by atoms with van der Waals surface area (Å²) in [4.78, 5) is 2.50. The first-order valence-electron chi connectivity index (χ1n) is 4.92. The van der Waals surface area contributed by atoms with E-state index in [1.54, 1.807) is 11.8 Å². The summed E-state index contributed by atoms with van der Waals surface area (Å²) in [6, 6.07) is 14.5. The van der Waals surface area contributed by atoms with E-state index < -0.39 is 0 Å². The van der Waals surface area contributed by atoms with Gasteiger partial charge in [-0.2, -0.15) is 0 Å². The van der Waals surface area contributed by atoms with Gasteiger partial charge in [-0.05, 0) is 24.3 Å². The number of rotatable bonds is 1. The zero-order valence-corrected chi connectivity index (χ0v) is 10.7. The normalized spacial score (nSPS) is 12.3. The minimum absolute atomic E-state index is 1.06. The average Bonchev–Trinajstić information content (AvgIpc) is 2.35. The monoisotopic (exact) mass is 292 g/mol. The summed E-state index contributed by atoms with van der Waals surface area (Å²) >= 11 is 5.07. The summed E-state index contributed by atoms with van der Waals surface area (Å²) in [6.07, 6.45) is 0. The van der Waals surface area contributed by atoms with Crippen molar-refractivity contribution < 1.29 is 0 Å². The maximum absolute atomic E-state index is 3.45. The second-order valence-corrected chi connectivity index (χ2v) is 4.98. The fraction of sp³-hybridized carbons (Fsp3) is 0. The quantitative estimate of drug-likeness (QED) is 0.640. The molecule has 0 amide bonds. The minimum atomic E-state index is 1.06. The molecular formula is C12H9BrN2S. The van der Waals surface area contributed by atoms with Gasteiger partial charge >= 0.3 is 0 Å². The van der Waals surface area contributed by atoms with Crippen LogP contribution in [0.3, 0.4) is 0 Å². The van der Waals surface area contributed by atoms with Gasteiger partial charge in [0.05, 0.1) is 17.1 Å². The van der Waals surface area contributed by atoms with Gasteiger partial charge in [-0.15, -0.1) is 0 Å². The van der Waals surface area contributed by atoms with E-state index in [9.17, 15) is 0 Å². The van der Waals surface area contributed by atoms with Gasteiger partial charge in [-0.1, -0.05) is 30.0 Å². The van der Waals surface area contributed by atoms with Gasteiger partial charge in [-0.25, -0.2) is 0 Å². The van der Waals surface area contributed by atoms with E-state index in [-0.39, 0.29) is 0 Å². The van der Waals surface area contributed by atoms with E-state index in [1.807, 2.05) is 18.2 Å². The highest BCUT2D eigenvalue weighted by molar-refractivity contribution is 9.10. The first kappa shape index (κ1) is 10.1. The highest BCUT2D eigenvalue weighted by atomic mass is 79.9. The van der Waals surface area contributed by atoms with Crippen LogP contribution in [0.2, 0.25) is 0 Å². The zero-order valence-electron chi connectivity index (χ0n) is 8.33. The molecule has 0 saturated carbocycles. The smallest absolute Gasteiger partial charge is 0.0770 e. The van der Waals surface area contributed by atoms with Gasteiger partial charge in [0.1, 0.15) is 0 Å². The van der Waals surface area contributed by atoms with Crippen molar-refractivity contribution in [3.05, 3.63) is 42.5 Å². The fourth-order valence-corrected chi connectivity index (χ4v) is 3.09. The summed E-state index contributed by atoms with van der Waals surface area (Å²) in [5.74, 6) is 0. The number of benzene rings is 2. The molecule has 3 rings (SSSR count). The van der Waals surface area contributed by atoms with E-state index in [1.165, 1.54) is 9.79 Å². The number of hydrogen-bond donors (Lipinski definition) is 2. The Morgan fingerprint density at radius 1 is 1.00 bits per heavy atom. The maximum Gasteiger partial charge on any atom is 0.0770 e. The Morgan fingerprint density at radius 3 is 2.69 bits per heavy atom. The molecule has 0 bridgehead atoms. The van der Waals surface area contributed by atoms with Gasteiger partial charge in [0.15, 0.2) is 0 Å². The lowest BCUT2D eigenvalue weighted by molar-refractivity contribution is 1.32. The summed E-state index contributed by atoms with van der Waals surface area (Å²) in [6.45, 7) is 0. The van der Waals surface area contributed by atoms with Crippen LogP contribution in [0, 0.1) is 0 Å². The van der Waals surface area contributed by atoms with Crippen LogP contribution in [0.5, 0.6) is 0 Å². The van der Waals surface area contributed by atoms with Gasteiger partial charge in [0.25, 0.3) is 0 Å². The van der Waals surface area contributed by atoms with E-state index in [4.69, 9.17) is 0 Å². The first-order valence-corrected chi connectivity index (χ1v) is 6.53. The molecular weight excluding hydrogens is 284 g/mol. The van der Waals surface area contributed by atoms with E-state index in [2.05, 4.69) is 50.1 Å². The molecule has 2 aromatic carbocycles. The molecule has 0 fully saturated rings. The Labute approximate surface area is 107 Å². The Bertz CT molecular complexity index is 542. The lowest BCUT2D eigenvalue weighted by Gasteiger charge is -2.22. The SMILES string of the molecule is BrNc1cccc2c1Nc1ccccc1S2. The van der Waals surface area contributed by atoms with Gasteiger partial charge in [-0.3, -0.25) is 0 Å². The molecule has 2 N–H and O–H groups in total. The molecule has 1 aliphatic rings. The van der Waals surface area contributed by atoms with Gasteiger partial charge < -0.3 is 9.66 Å². The van der Waals surface area contributed by atoms with Crippen LogP contribution in [0.25, 0.3) is 0 Å². The third-order valence-electron chi connectivity index (χ3n) is 2.49. The third-order valence-corrected chi connectivity index (χ3v) is 4.06. The number of nitrogens with one attached hydrogen (secondary N) is 2. The lowest BCUT2D eigenvalue weighted by Crippen LogP contribution is -2.01. The molecule has 2 nitrogen and oxygen atoms in total. The van der Waals surface area contributed by atoms with Crippen molar-refractivity contribution in [1.82, 2.24) is 0 Å². The average molecular weight is 293 g/mol. The van der Waals surface area contributed by atoms with Gasteiger partial charge in [0, 0.05) is 25.9 Å². The van der Waals surface area contributed by atoms with Crippen molar-refractivity contribution in [3.63, 3.8) is 0 Å². The van der Waals surface area contributed by atoms with E-state index >= 15 is 0 Å². The van der Waals surface area contributed by atoms with Gasteiger partial charge in [0.2, 0.25) is 0 Å². The predicted octanol–water partition coefficient (Wildman–Crippen LogP) is 4.62. The van der Waals surface area contributed by atoms with E-state index in [0.717, 1.165) is 17.1 Å². The molecule has 80 valence electrons. The molecule has 4 heteroatoms. The summed E-state index contributed by atoms with van der Waals surface area (Å²) < 4.78 is 3.02. The molecule has 0 aliphatic carbocycles. The number of anilines is 3. The Hall–Kier alpha value is -1.13. The second-order valence-electron chi connectivity index (χ2n) is 3.50. The number of fused-ring (bicyclic) bond motifs is 2. The van der Waals surface area contributed by atoms with Crippen molar-refractivity contribution in [2.75, 3.05) is 9.66 Å². The van der Waals surface area contributed by atoms with Crippen LogP contribution >= 0.6 is 27.9 Å². The third kappa shape index (κ3) is 1.58. The van der Waals surface area contributed by atoms with Crippen LogP contribution in [0.15, 0.2) is 52.3 Å². The van der Waals surface area contributed by atoms with Crippen molar-refractivity contribution in [2.45, 2.75) is 9.79 Å². The summed E-state index contributed by atoms with van der Waals surface area (Å²) in [5.41, 5.74) is 3.35. The molecule has 1 heterocycles. The zero-order chi connectivity index (χ0) is 11.0. The van der Waals surface area contributed by atoms with Crippen molar-refractivity contribution in [1.29, 1.82) is 0 Å². The van der Waals surface area contributed by atoms with Crippen LogP contribution in [-0.2, 0) is 0 Å². The lowest BCUT2D eigenvalue weighted by atomic mass is 10.2. The molecule has 0 spiro atoms. The largest absolute Gasteiger partial charge is 0.352 e. The summed E-state index contributed by atoms with van der Waals surface area (Å²) in [5, 5.41) is 3.45. The van der Waals surface area contributed by atoms with Crippen molar-refractivity contribution in [3.8, 4) is 0 Å². The molecule has 0 radical (unpaired) electrons. The highest BCUT2D eigenvalue weighted by Crippen LogP contribution is 2.46. The topological polar surface area (TPSA) is 24.1 Å².